The van der Waals surface area contributed by atoms with E-state index >= 15 is 0 Å². The second kappa shape index (κ2) is 7.41. The number of rotatable bonds is 7. The van der Waals surface area contributed by atoms with Crippen LogP contribution in [0.15, 0.2) is 42.5 Å². The summed E-state index contributed by atoms with van der Waals surface area (Å²) in [5.41, 5.74) is 3.21. The molecular formula is C19H25N4O3+. The SMILES string of the molecule is COC(C[N+](C)(C)Cc1ccc(O)c(-n2nc3ccccc3n2)c1)OC. The van der Waals surface area contributed by atoms with Crippen molar-refractivity contribution in [2.45, 2.75) is 12.8 Å². The van der Waals surface area contributed by atoms with Crippen LogP contribution in [0, 0.1) is 0 Å². The van der Waals surface area contributed by atoms with E-state index in [-0.39, 0.29) is 12.0 Å². The Balaban J connectivity index is 1.87. The van der Waals surface area contributed by atoms with E-state index in [0.717, 1.165) is 23.1 Å². The number of aromatic nitrogens is 3. The van der Waals surface area contributed by atoms with Crippen molar-refractivity contribution in [3.8, 4) is 11.4 Å². The molecule has 2 aromatic carbocycles. The molecule has 1 heterocycles. The molecule has 0 saturated carbocycles. The fourth-order valence-corrected chi connectivity index (χ4v) is 3.00. The van der Waals surface area contributed by atoms with Gasteiger partial charge in [0.05, 0.1) is 14.1 Å². The number of phenolic OH excluding ortho intramolecular Hbond substituents is 1. The second-order valence-corrected chi connectivity index (χ2v) is 6.98. The maximum Gasteiger partial charge on any atom is 0.207 e. The Labute approximate surface area is 153 Å². The van der Waals surface area contributed by atoms with Gasteiger partial charge in [-0.2, -0.15) is 0 Å². The molecule has 0 atom stereocenters. The lowest BCUT2D eigenvalue weighted by molar-refractivity contribution is -0.909. The third kappa shape index (κ3) is 4.01. The Bertz CT molecular complexity index is 854. The Hall–Kier alpha value is -2.48. The average molecular weight is 357 g/mol. The highest BCUT2D eigenvalue weighted by Gasteiger charge is 2.23. The Morgan fingerprint density at radius 3 is 2.23 bits per heavy atom. The number of quaternary nitrogens is 1. The van der Waals surface area contributed by atoms with Crippen LogP contribution in [-0.4, -0.2) is 65.7 Å². The predicted octanol–water partition coefficient (Wildman–Crippen LogP) is 2.32. The summed E-state index contributed by atoms with van der Waals surface area (Å²) in [6, 6.07) is 13.1. The third-order valence-corrected chi connectivity index (χ3v) is 4.32. The summed E-state index contributed by atoms with van der Waals surface area (Å²) in [6.45, 7) is 1.45. The second-order valence-electron chi connectivity index (χ2n) is 6.98. The van der Waals surface area contributed by atoms with Gasteiger partial charge in [-0.15, -0.1) is 15.0 Å². The van der Waals surface area contributed by atoms with Crippen molar-refractivity contribution in [1.29, 1.82) is 0 Å². The number of nitrogens with zero attached hydrogens (tertiary/aromatic N) is 4. The molecule has 0 bridgehead atoms. The summed E-state index contributed by atoms with van der Waals surface area (Å²) < 4.78 is 11.3. The van der Waals surface area contributed by atoms with Crippen molar-refractivity contribution in [2.24, 2.45) is 0 Å². The maximum absolute atomic E-state index is 10.3. The van der Waals surface area contributed by atoms with Crippen LogP contribution in [0.2, 0.25) is 0 Å². The third-order valence-electron chi connectivity index (χ3n) is 4.32. The molecule has 0 aliphatic heterocycles. The minimum absolute atomic E-state index is 0.144. The van der Waals surface area contributed by atoms with E-state index in [2.05, 4.69) is 24.3 Å². The number of methoxy groups -OCH3 is 2. The summed E-state index contributed by atoms with van der Waals surface area (Å²) in [7, 11) is 7.50. The Kier molecular flexibility index (Phi) is 5.22. The van der Waals surface area contributed by atoms with Gasteiger partial charge in [0.2, 0.25) is 6.29 Å². The van der Waals surface area contributed by atoms with Gasteiger partial charge in [-0.25, -0.2) is 0 Å². The number of phenols is 1. The van der Waals surface area contributed by atoms with Crippen LogP contribution in [0.3, 0.4) is 0 Å². The van der Waals surface area contributed by atoms with E-state index in [0.29, 0.717) is 16.7 Å². The molecule has 26 heavy (non-hydrogen) atoms. The van der Waals surface area contributed by atoms with Crippen molar-refractivity contribution >= 4 is 11.0 Å². The molecule has 0 radical (unpaired) electrons. The molecular weight excluding hydrogens is 332 g/mol. The summed E-state index contributed by atoms with van der Waals surface area (Å²) >= 11 is 0. The van der Waals surface area contributed by atoms with Crippen molar-refractivity contribution in [2.75, 3.05) is 34.9 Å². The fraction of sp³-hybridized carbons (Fsp3) is 0.368. The molecule has 1 N–H and O–H groups in total. The molecule has 0 amide bonds. The maximum atomic E-state index is 10.3. The lowest BCUT2D eigenvalue weighted by Crippen LogP contribution is -2.45. The van der Waals surface area contributed by atoms with Crippen LogP contribution in [0.4, 0.5) is 0 Å². The highest BCUT2D eigenvalue weighted by molar-refractivity contribution is 5.73. The van der Waals surface area contributed by atoms with E-state index in [1.165, 1.54) is 4.80 Å². The van der Waals surface area contributed by atoms with Crippen LogP contribution in [0.1, 0.15) is 5.56 Å². The van der Waals surface area contributed by atoms with Gasteiger partial charge in [0.1, 0.15) is 35.6 Å². The Morgan fingerprint density at radius 2 is 1.65 bits per heavy atom. The van der Waals surface area contributed by atoms with E-state index in [1.54, 1.807) is 20.3 Å². The van der Waals surface area contributed by atoms with Gasteiger partial charge >= 0.3 is 0 Å². The van der Waals surface area contributed by atoms with E-state index < -0.39 is 0 Å². The number of likely N-dealkylation sites (N-methyl/N-ethyl adjacent to an activating group) is 1. The molecule has 0 fully saturated rings. The van der Waals surface area contributed by atoms with Crippen LogP contribution in [0.25, 0.3) is 16.7 Å². The van der Waals surface area contributed by atoms with Crippen molar-refractivity contribution < 1.29 is 19.1 Å². The minimum Gasteiger partial charge on any atom is -0.506 e. The average Bonchev–Trinajstić information content (AvgIpc) is 3.05. The molecule has 3 aromatic rings. The predicted molar refractivity (Wildman–Crippen MR) is 99.0 cm³/mol. The van der Waals surface area contributed by atoms with Crippen LogP contribution in [-0.2, 0) is 16.0 Å². The molecule has 7 heteroatoms. The van der Waals surface area contributed by atoms with Crippen molar-refractivity contribution in [3.63, 3.8) is 0 Å². The van der Waals surface area contributed by atoms with Gasteiger partial charge in [-0.1, -0.05) is 12.1 Å². The van der Waals surface area contributed by atoms with Gasteiger partial charge in [0.25, 0.3) is 0 Å². The van der Waals surface area contributed by atoms with Gasteiger partial charge in [-0.05, 0) is 30.3 Å². The molecule has 7 nitrogen and oxygen atoms in total. The summed E-state index contributed by atoms with van der Waals surface area (Å²) in [4.78, 5) is 1.48. The number of ether oxygens (including phenoxy) is 2. The Morgan fingerprint density at radius 1 is 1.04 bits per heavy atom. The summed E-state index contributed by atoms with van der Waals surface area (Å²) in [6.07, 6.45) is -0.264. The first-order valence-electron chi connectivity index (χ1n) is 8.44. The molecule has 3 rings (SSSR count). The number of aromatic hydroxyl groups is 1. The zero-order chi connectivity index (χ0) is 18.7. The van der Waals surface area contributed by atoms with E-state index in [4.69, 9.17) is 9.47 Å². The lowest BCUT2D eigenvalue weighted by Gasteiger charge is -2.32. The summed E-state index contributed by atoms with van der Waals surface area (Å²) in [5, 5.41) is 19.2. The lowest BCUT2D eigenvalue weighted by atomic mass is 10.1. The molecule has 0 unspecified atom stereocenters. The van der Waals surface area contributed by atoms with Gasteiger partial charge < -0.3 is 19.1 Å². The minimum atomic E-state index is -0.264. The van der Waals surface area contributed by atoms with Gasteiger partial charge in [0, 0.05) is 19.8 Å². The van der Waals surface area contributed by atoms with Gasteiger partial charge in [0.15, 0.2) is 0 Å². The first-order chi connectivity index (χ1) is 12.4. The quantitative estimate of drug-likeness (QED) is 0.519. The topological polar surface area (TPSA) is 69.4 Å². The monoisotopic (exact) mass is 357 g/mol. The molecule has 138 valence electrons. The zero-order valence-electron chi connectivity index (χ0n) is 15.6. The molecule has 1 aromatic heterocycles. The first kappa shape index (κ1) is 18.3. The summed E-state index contributed by atoms with van der Waals surface area (Å²) in [5.74, 6) is 0.144. The number of benzene rings is 2. The highest BCUT2D eigenvalue weighted by Crippen LogP contribution is 2.24. The van der Waals surface area contributed by atoms with Crippen molar-refractivity contribution in [3.05, 3.63) is 48.0 Å². The molecule has 0 aliphatic carbocycles. The number of hydrogen-bond donors (Lipinski definition) is 1. The molecule has 0 saturated heterocycles. The van der Waals surface area contributed by atoms with Crippen LogP contribution >= 0.6 is 0 Å². The van der Waals surface area contributed by atoms with Crippen molar-refractivity contribution in [1.82, 2.24) is 15.0 Å². The fourth-order valence-electron chi connectivity index (χ4n) is 3.00. The van der Waals surface area contributed by atoms with E-state index in [1.807, 2.05) is 36.4 Å². The van der Waals surface area contributed by atoms with Crippen LogP contribution < -0.4 is 0 Å². The molecule has 0 aliphatic rings. The van der Waals surface area contributed by atoms with Crippen LogP contribution in [0.5, 0.6) is 5.75 Å². The normalized spacial score (nSPS) is 12.2. The highest BCUT2D eigenvalue weighted by atomic mass is 16.7. The number of fused-ring (bicyclic) bond motifs is 1. The zero-order valence-corrected chi connectivity index (χ0v) is 15.6. The number of hydrogen-bond acceptors (Lipinski definition) is 5. The largest absolute Gasteiger partial charge is 0.506 e. The standard InChI is InChI=1S/C19H24N4O3/c1-23(2,13-19(25-3)26-4)12-14-9-10-18(24)17(11-14)22-20-15-7-5-6-8-16(15)21-22/h5-11,19H,12-13H2,1-4H3/p+1. The van der Waals surface area contributed by atoms with E-state index in [9.17, 15) is 5.11 Å². The smallest absolute Gasteiger partial charge is 0.207 e. The first-order valence-corrected chi connectivity index (χ1v) is 8.44. The van der Waals surface area contributed by atoms with Gasteiger partial charge in [-0.3, -0.25) is 0 Å². The molecule has 0 spiro atoms.